The molecule has 1 aliphatic rings. The lowest BCUT2D eigenvalue weighted by atomic mass is 9.91. The maximum atomic E-state index is 12.4. The highest BCUT2D eigenvalue weighted by atomic mass is 35.5. The van der Waals surface area contributed by atoms with Crippen molar-refractivity contribution in [2.45, 2.75) is 33.1 Å². The highest BCUT2D eigenvalue weighted by Gasteiger charge is 2.25. The Kier molecular flexibility index (Phi) is 5.24. The van der Waals surface area contributed by atoms with Crippen LogP contribution in [0.5, 0.6) is 0 Å². The van der Waals surface area contributed by atoms with Crippen molar-refractivity contribution in [3.05, 3.63) is 41.4 Å². The van der Waals surface area contributed by atoms with Gasteiger partial charge < -0.3 is 9.32 Å². The summed E-state index contributed by atoms with van der Waals surface area (Å²) < 4.78 is 5.76. The monoisotopic (exact) mass is 346 g/mol. The summed E-state index contributed by atoms with van der Waals surface area (Å²) in [5.74, 6) is 2.66. The van der Waals surface area contributed by atoms with E-state index in [1.54, 1.807) is 6.20 Å². The van der Waals surface area contributed by atoms with E-state index in [0.29, 0.717) is 41.4 Å². The number of halogens is 1. The van der Waals surface area contributed by atoms with Crippen molar-refractivity contribution in [3.63, 3.8) is 0 Å². The number of rotatable bonds is 4. The summed E-state index contributed by atoms with van der Waals surface area (Å²) in [5.41, 5.74) is 0.933. The standard InChI is InChI=1S/C19H23ClN2O2/c1-13-9-14(2)12-22(11-13)19(23)8-7-18-21-10-17(24-18)15-3-5-16(20)6-4-15/h3-6,10,13-14H,7-9,11-12H2,1-2H3/t13-,14-/m0/s1. The average molecular weight is 347 g/mol. The Labute approximate surface area is 147 Å². The molecule has 0 aliphatic carbocycles. The van der Waals surface area contributed by atoms with Gasteiger partial charge in [-0.1, -0.05) is 25.4 Å². The number of hydrogen-bond acceptors (Lipinski definition) is 3. The third-order valence-corrected chi connectivity index (χ3v) is 4.71. The maximum Gasteiger partial charge on any atom is 0.223 e. The molecule has 0 N–H and O–H groups in total. The predicted molar refractivity (Wildman–Crippen MR) is 94.8 cm³/mol. The highest BCUT2D eigenvalue weighted by molar-refractivity contribution is 6.30. The van der Waals surface area contributed by atoms with Crippen LogP contribution in [-0.2, 0) is 11.2 Å². The Balaban J connectivity index is 1.57. The van der Waals surface area contributed by atoms with E-state index in [4.69, 9.17) is 16.0 Å². The first-order valence-corrected chi connectivity index (χ1v) is 8.87. The number of aromatic nitrogens is 1. The Hall–Kier alpha value is -1.81. The number of hydrogen-bond donors (Lipinski definition) is 0. The molecule has 2 aromatic rings. The lowest BCUT2D eigenvalue weighted by Gasteiger charge is -2.35. The first-order valence-electron chi connectivity index (χ1n) is 8.49. The molecule has 1 aromatic heterocycles. The smallest absolute Gasteiger partial charge is 0.223 e. The minimum atomic E-state index is 0.194. The van der Waals surface area contributed by atoms with Crippen molar-refractivity contribution in [3.8, 4) is 11.3 Å². The van der Waals surface area contributed by atoms with Crippen LogP contribution in [0.3, 0.4) is 0 Å². The second-order valence-electron chi connectivity index (χ2n) is 6.87. The maximum absolute atomic E-state index is 12.4. The van der Waals surface area contributed by atoms with E-state index in [0.717, 1.165) is 18.7 Å². The molecular weight excluding hydrogens is 324 g/mol. The Morgan fingerprint density at radius 1 is 1.25 bits per heavy atom. The zero-order chi connectivity index (χ0) is 17.1. The molecule has 2 atom stereocenters. The van der Waals surface area contributed by atoms with Gasteiger partial charge in [0.05, 0.1) is 6.20 Å². The third-order valence-electron chi connectivity index (χ3n) is 4.46. The van der Waals surface area contributed by atoms with E-state index in [-0.39, 0.29) is 5.91 Å². The molecule has 0 radical (unpaired) electrons. The van der Waals surface area contributed by atoms with Gasteiger partial charge in [-0.3, -0.25) is 4.79 Å². The molecule has 0 unspecified atom stereocenters. The van der Waals surface area contributed by atoms with Crippen molar-refractivity contribution in [1.29, 1.82) is 0 Å². The summed E-state index contributed by atoms with van der Waals surface area (Å²) in [6.45, 7) is 6.15. The van der Waals surface area contributed by atoms with Crippen molar-refractivity contribution in [2.75, 3.05) is 13.1 Å². The quantitative estimate of drug-likeness (QED) is 0.822. The number of nitrogens with zero attached hydrogens (tertiary/aromatic N) is 2. The average Bonchev–Trinajstić information content (AvgIpc) is 3.01. The Bertz CT molecular complexity index is 686. The first kappa shape index (κ1) is 17.0. The predicted octanol–water partition coefficient (Wildman–Crippen LogP) is 4.43. The molecule has 1 aliphatic heterocycles. The minimum absolute atomic E-state index is 0.194. The number of likely N-dealkylation sites (tertiary alicyclic amines) is 1. The summed E-state index contributed by atoms with van der Waals surface area (Å²) in [5, 5.41) is 0.689. The van der Waals surface area contributed by atoms with Crippen LogP contribution in [0.15, 0.2) is 34.9 Å². The number of carbonyl (C=O) groups excluding carboxylic acids is 1. The van der Waals surface area contributed by atoms with E-state index in [1.807, 2.05) is 29.2 Å². The number of aryl methyl sites for hydroxylation is 1. The third kappa shape index (κ3) is 4.18. The van der Waals surface area contributed by atoms with E-state index < -0.39 is 0 Å². The topological polar surface area (TPSA) is 46.3 Å². The molecular formula is C19H23ClN2O2. The fourth-order valence-corrected chi connectivity index (χ4v) is 3.54. The van der Waals surface area contributed by atoms with E-state index in [2.05, 4.69) is 18.8 Å². The van der Waals surface area contributed by atoms with E-state index >= 15 is 0 Å². The molecule has 0 spiro atoms. The van der Waals surface area contributed by atoms with Crippen LogP contribution in [0.25, 0.3) is 11.3 Å². The van der Waals surface area contributed by atoms with Crippen LogP contribution >= 0.6 is 11.6 Å². The normalized spacial score (nSPS) is 21.0. The lowest BCUT2D eigenvalue weighted by molar-refractivity contribution is -0.133. The molecule has 0 saturated carbocycles. The van der Waals surface area contributed by atoms with Gasteiger partial charge in [-0.15, -0.1) is 0 Å². The van der Waals surface area contributed by atoms with Crippen LogP contribution in [0.4, 0.5) is 0 Å². The van der Waals surface area contributed by atoms with Gasteiger partial charge in [0.15, 0.2) is 11.7 Å². The van der Waals surface area contributed by atoms with Crippen molar-refractivity contribution in [1.82, 2.24) is 9.88 Å². The largest absolute Gasteiger partial charge is 0.441 e. The molecule has 1 aromatic carbocycles. The second kappa shape index (κ2) is 7.39. The number of amides is 1. The summed E-state index contributed by atoms with van der Waals surface area (Å²) in [4.78, 5) is 18.7. The molecule has 1 amide bonds. The van der Waals surface area contributed by atoms with Gasteiger partial charge in [0.1, 0.15) is 0 Å². The summed E-state index contributed by atoms with van der Waals surface area (Å²) in [7, 11) is 0. The second-order valence-corrected chi connectivity index (χ2v) is 7.31. The molecule has 1 fully saturated rings. The molecule has 3 rings (SSSR count). The van der Waals surface area contributed by atoms with Crippen LogP contribution in [0.2, 0.25) is 5.02 Å². The SMILES string of the molecule is C[C@H]1C[C@H](C)CN(C(=O)CCc2ncc(-c3ccc(Cl)cc3)o2)C1. The molecule has 24 heavy (non-hydrogen) atoms. The van der Waals surface area contributed by atoms with Gasteiger partial charge in [-0.05, 0) is 42.5 Å². The molecule has 4 nitrogen and oxygen atoms in total. The lowest BCUT2D eigenvalue weighted by Crippen LogP contribution is -2.42. The zero-order valence-corrected chi connectivity index (χ0v) is 14.9. The molecule has 2 heterocycles. The van der Waals surface area contributed by atoms with Gasteiger partial charge in [0.2, 0.25) is 5.91 Å². The fourth-order valence-electron chi connectivity index (χ4n) is 3.41. The molecule has 5 heteroatoms. The van der Waals surface area contributed by atoms with Gasteiger partial charge in [-0.2, -0.15) is 0 Å². The summed E-state index contributed by atoms with van der Waals surface area (Å²) in [6.07, 6.45) is 3.88. The molecule has 1 saturated heterocycles. The van der Waals surface area contributed by atoms with Crippen LogP contribution in [0, 0.1) is 11.8 Å². The summed E-state index contributed by atoms with van der Waals surface area (Å²) >= 11 is 5.89. The minimum Gasteiger partial charge on any atom is -0.441 e. The number of piperidine rings is 1. The van der Waals surface area contributed by atoms with E-state index in [9.17, 15) is 4.79 Å². The van der Waals surface area contributed by atoms with Gasteiger partial charge in [0.25, 0.3) is 0 Å². The Morgan fingerprint density at radius 3 is 2.58 bits per heavy atom. The summed E-state index contributed by atoms with van der Waals surface area (Å²) in [6, 6.07) is 7.44. The Morgan fingerprint density at radius 2 is 1.92 bits per heavy atom. The number of benzene rings is 1. The first-order chi connectivity index (χ1) is 11.5. The highest BCUT2D eigenvalue weighted by Crippen LogP contribution is 2.24. The van der Waals surface area contributed by atoms with Crippen LogP contribution in [-0.4, -0.2) is 28.9 Å². The molecule has 0 bridgehead atoms. The van der Waals surface area contributed by atoms with Gasteiger partial charge in [0, 0.05) is 36.5 Å². The van der Waals surface area contributed by atoms with Crippen LogP contribution in [0.1, 0.15) is 32.6 Å². The van der Waals surface area contributed by atoms with E-state index in [1.165, 1.54) is 6.42 Å². The van der Waals surface area contributed by atoms with Crippen molar-refractivity contribution >= 4 is 17.5 Å². The number of carbonyl (C=O) groups is 1. The zero-order valence-electron chi connectivity index (χ0n) is 14.2. The fraction of sp³-hybridized carbons (Fsp3) is 0.474. The van der Waals surface area contributed by atoms with Crippen LogP contribution < -0.4 is 0 Å². The van der Waals surface area contributed by atoms with Crippen molar-refractivity contribution in [2.24, 2.45) is 11.8 Å². The number of oxazole rings is 1. The van der Waals surface area contributed by atoms with Gasteiger partial charge in [-0.25, -0.2) is 4.98 Å². The molecule has 128 valence electrons. The van der Waals surface area contributed by atoms with Gasteiger partial charge >= 0.3 is 0 Å². The van der Waals surface area contributed by atoms with Crippen molar-refractivity contribution < 1.29 is 9.21 Å².